The Labute approximate surface area is 129 Å². The second kappa shape index (κ2) is 6.42. The van der Waals surface area contributed by atoms with E-state index >= 15 is 0 Å². The average Bonchev–Trinajstić information content (AvgIpc) is 2.55. The van der Waals surface area contributed by atoms with Gasteiger partial charge in [0, 0.05) is 18.0 Å². The fourth-order valence-corrected chi connectivity index (χ4v) is 3.49. The van der Waals surface area contributed by atoms with Crippen LogP contribution in [0.4, 0.5) is 4.39 Å². The largest absolute Gasteiger partial charge is 0.469 e. The molecule has 22 heavy (non-hydrogen) atoms. The zero-order valence-electron chi connectivity index (χ0n) is 12.7. The minimum absolute atomic E-state index is 0.125. The van der Waals surface area contributed by atoms with Gasteiger partial charge in [-0.2, -0.15) is 0 Å². The fraction of sp³-hybridized carbons (Fsp3) is 0.444. The SMILES string of the molecule is COC(=O)CC1CCC(c2ccnc3ccc(F)cc23)CC1. The highest BCUT2D eigenvalue weighted by Crippen LogP contribution is 2.39. The molecular weight excluding hydrogens is 281 g/mol. The van der Waals surface area contributed by atoms with Crippen LogP contribution in [0.2, 0.25) is 0 Å². The highest BCUT2D eigenvalue weighted by atomic mass is 19.1. The van der Waals surface area contributed by atoms with Crippen LogP contribution in [0, 0.1) is 11.7 Å². The van der Waals surface area contributed by atoms with Gasteiger partial charge in [-0.05, 0) is 67.3 Å². The number of hydrogen-bond donors (Lipinski definition) is 0. The minimum atomic E-state index is -0.221. The monoisotopic (exact) mass is 301 g/mol. The molecule has 0 amide bonds. The van der Waals surface area contributed by atoms with Gasteiger partial charge in [-0.3, -0.25) is 9.78 Å². The van der Waals surface area contributed by atoms with Gasteiger partial charge in [0.05, 0.1) is 12.6 Å². The van der Waals surface area contributed by atoms with E-state index in [2.05, 4.69) is 4.98 Å². The number of aromatic nitrogens is 1. The Morgan fingerprint density at radius 1 is 1.27 bits per heavy atom. The summed E-state index contributed by atoms with van der Waals surface area (Å²) < 4.78 is 18.3. The summed E-state index contributed by atoms with van der Waals surface area (Å²) in [7, 11) is 1.44. The first kappa shape index (κ1) is 14.9. The highest BCUT2D eigenvalue weighted by molar-refractivity contribution is 5.82. The van der Waals surface area contributed by atoms with Crippen LogP contribution in [-0.4, -0.2) is 18.1 Å². The summed E-state index contributed by atoms with van der Waals surface area (Å²) in [6, 6.07) is 6.77. The molecule has 0 atom stereocenters. The summed E-state index contributed by atoms with van der Waals surface area (Å²) in [6.07, 6.45) is 6.39. The van der Waals surface area contributed by atoms with Crippen LogP contribution in [0.3, 0.4) is 0 Å². The first-order chi connectivity index (χ1) is 10.7. The lowest BCUT2D eigenvalue weighted by Crippen LogP contribution is -2.17. The van der Waals surface area contributed by atoms with Crippen LogP contribution in [0.1, 0.15) is 43.6 Å². The molecule has 0 spiro atoms. The average molecular weight is 301 g/mol. The van der Waals surface area contributed by atoms with Crippen molar-refractivity contribution in [2.24, 2.45) is 5.92 Å². The highest BCUT2D eigenvalue weighted by Gasteiger charge is 2.25. The maximum absolute atomic E-state index is 13.5. The Morgan fingerprint density at radius 3 is 2.77 bits per heavy atom. The van der Waals surface area contributed by atoms with Crippen molar-refractivity contribution in [1.29, 1.82) is 0 Å². The van der Waals surface area contributed by atoms with E-state index in [1.807, 2.05) is 6.07 Å². The summed E-state index contributed by atoms with van der Waals surface area (Å²) in [6.45, 7) is 0. The molecule has 0 bridgehead atoms. The fourth-order valence-electron chi connectivity index (χ4n) is 3.49. The van der Waals surface area contributed by atoms with Gasteiger partial charge in [-0.1, -0.05) is 0 Å². The number of halogens is 1. The molecule has 1 aliphatic rings. The summed E-state index contributed by atoms with van der Waals surface area (Å²) in [4.78, 5) is 15.7. The van der Waals surface area contributed by atoms with Crippen molar-refractivity contribution in [2.45, 2.75) is 38.0 Å². The van der Waals surface area contributed by atoms with Gasteiger partial charge in [-0.25, -0.2) is 4.39 Å². The maximum atomic E-state index is 13.5. The number of hydrogen-bond acceptors (Lipinski definition) is 3. The van der Waals surface area contributed by atoms with E-state index in [0.717, 1.165) is 36.6 Å². The summed E-state index contributed by atoms with van der Waals surface area (Å²) in [5, 5.41) is 0.916. The van der Waals surface area contributed by atoms with Crippen molar-refractivity contribution < 1.29 is 13.9 Å². The number of esters is 1. The van der Waals surface area contributed by atoms with E-state index in [0.29, 0.717) is 18.3 Å². The molecule has 1 aromatic heterocycles. The van der Waals surface area contributed by atoms with Crippen LogP contribution in [0.5, 0.6) is 0 Å². The molecule has 0 unspecified atom stereocenters. The Hall–Kier alpha value is -1.97. The molecular formula is C18H20FNO2. The van der Waals surface area contributed by atoms with Gasteiger partial charge in [0.2, 0.25) is 0 Å². The zero-order valence-corrected chi connectivity index (χ0v) is 12.7. The van der Waals surface area contributed by atoms with Crippen molar-refractivity contribution >= 4 is 16.9 Å². The van der Waals surface area contributed by atoms with Crippen LogP contribution >= 0.6 is 0 Å². The van der Waals surface area contributed by atoms with Gasteiger partial charge < -0.3 is 4.74 Å². The zero-order chi connectivity index (χ0) is 15.5. The molecule has 1 fully saturated rings. The molecule has 1 saturated carbocycles. The van der Waals surface area contributed by atoms with Crippen LogP contribution in [-0.2, 0) is 9.53 Å². The predicted molar refractivity (Wildman–Crippen MR) is 83.0 cm³/mol. The Bertz CT molecular complexity index is 678. The standard InChI is InChI=1S/C18H20FNO2/c1-22-18(21)10-12-2-4-13(5-3-12)15-8-9-20-17-7-6-14(19)11-16(15)17/h6-9,11-13H,2-5,10H2,1H3. The molecule has 0 saturated heterocycles. The number of rotatable bonds is 3. The molecule has 1 aromatic carbocycles. The number of nitrogens with zero attached hydrogens (tertiary/aromatic N) is 1. The van der Waals surface area contributed by atoms with Gasteiger partial charge in [0.1, 0.15) is 5.82 Å². The normalized spacial score (nSPS) is 21.7. The molecule has 1 heterocycles. The molecule has 2 aromatic rings. The van der Waals surface area contributed by atoms with E-state index in [1.54, 1.807) is 18.3 Å². The summed E-state index contributed by atoms with van der Waals surface area (Å²) in [5.74, 6) is 0.482. The molecule has 4 heteroatoms. The van der Waals surface area contributed by atoms with Gasteiger partial charge >= 0.3 is 5.97 Å². The van der Waals surface area contributed by atoms with Gasteiger partial charge in [0.15, 0.2) is 0 Å². The number of carbonyl (C=O) groups is 1. The van der Waals surface area contributed by atoms with E-state index in [-0.39, 0.29) is 11.8 Å². The van der Waals surface area contributed by atoms with Crippen LogP contribution < -0.4 is 0 Å². The second-order valence-electron chi connectivity index (χ2n) is 6.06. The van der Waals surface area contributed by atoms with Crippen molar-refractivity contribution in [2.75, 3.05) is 7.11 Å². The third-order valence-corrected chi connectivity index (χ3v) is 4.71. The van der Waals surface area contributed by atoms with E-state index < -0.39 is 0 Å². The third kappa shape index (κ3) is 3.11. The molecule has 0 radical (unpaired) electrons. The van der Waals surface area contributed by atoms with Gasteiger partial charge in [0.25, 0.3) is 0 Å². The molecule has 3 rings (SSSR count). The van der Waals surface area contributed by atoms with Crippen molar-refractivity contribution in [3.8, 4) is 0 Å². The molecule has 3 nitrogen and oxygen atoms in total. The first-order valence-corrected chi connectivity index (χ1v) is 7.78. The first-order valence-electron chi connectivity index (χ1n) is 7.78. The predicted octanol–water partition coefficient (Wildman–Crippen LogP) is 4.21. The number of ether oxygens (including phenoxy) is 1. The summed E-state index contributed by atoms with van der Waals surface area (Å²) in [5.41, 5.74) is 2.02. The molecule has 1 aliphatic carbocycles. The van der Waals surface area contributed by atoms with Crippen molar-refractivity contribution in [3.05, 3.63) is 41.8 Å². The third-order valence-electron chi connectivity index (χ3n) is 4.71. The Kier molecular flexibility index (Phi) is 4.36. The number of benzene rings is 1. The minimum Gasteiger partial charge on any atom is -0.469 e. The summed E-state index contributed by atoms with van der Waals surface area (Å²) >= 11 is 0. The number of carbonyl (C=O) groups excluding carboxylic acids is 1. The van der Waals surface area contributed by atoms with Crippen LogP contribution in [0.25, 0.3) is 10.9 Å². The Balaban J connectivity index is 1.76. The topological polar surface area (TPSA) is 39.2 Å². The molecule has 0 N–H and O–H groups in total. The van der Waals surface area contributed by atoms with Crippen molar-refractivity contribution in [1.82, 2.24) is 4.98 Å². The van der Waals surface area contributed by atoms with Gasteiger partial charge in [-0.15, -0.1) is 0 Å². The molecule has 116 valence electrons. The second-order valence-corrected chi connectivity index (χ2v) is 6.06. The number of pyridine rings is 1. The number of fused-ring (bicyclic) bond motifs is 1. The quantitative estimate of drug-likeness (QED) is 0.797. The maximum Gasteiger partial charge on any atom is 0.305 e. The van der Waals surface area contributed by atoms with E-state index in [4.69, 9.17) is 4.74 Å². The van der Waals surface area contributed by atoms with Crippen LogP contribution in [0.15, 0.2) is 30.5 Å². The number of methoxy groups -OCH3 is 1. The molecule has 0 aliphatic heterocycles. The van der Waals surface area contributed by atoms with E-state index in [1.165, 1.54) is 18.7 Å². The van der Waals surface area contributed by atoms with E-state index in [9.17, 15) is 9.18 Å². The van der Waals surface area contributed by atoms with Crippen molar-refractivity contribution in [3.63, 3.8) is 0 Å². The lowest BCUT2D eigenvalue weighted by Gasteiger charge is -2.28. The lowest BCUT2D eigenvalue weighted by molar-refractivity contribution is -0.142. The smallest absolute Gasteiger partial charge is 0.305 e. The Morgan fingerprint density at radius 2 is 2.05 bits per heavy atom. The lowest BCUT2D eigenvalue weighted by atomic mass is 9.77.